The highest BCUT2D eigenvalue weighted by Gasteiger charge is 2.29. The van der Waals surface area contributed by atoms with Gasteiger partial charge in [-0.05, 0) is 54.3 Å². The molecule has 30 heavy (non-hydrogen) atoms. The minimum absolute atomic E-state index is 0.127. The number of nitrogens with two attached hydrogens (primary N) is 1. The van der Waals surface area contributed by atoms with E-state index in [4.69, 9.17) is 15.2 Å². The van der Waals surface area contributed by atoms with Crippen molar-refractivity contribution < 1.29 is 9.47 Å². The predicted octanol–water partition coefficient (Wildman–Crippen LogP) is 5.03. The van der Waals surface area contributed by atoms with Crippen LogP contribution in [0, 0.1) is 29.6 Å². The molecule has 2 aromatic rings. The van der Waals surface area contributed by atoms with Crippen LogP contribution in [0.25, 0.3) is 17.2 Å². The topological polar surface area (TPSA) is 105 Å². The number of methoxy groups -OCH3 is 1. The van der Waals surface area contributed by atoms with E-state index < -0.39 is 0 Å². The first kappa shape index (κ1) is 21.2. The van der Waals surface area contributed by atoms with E-state index in [9.17, 15) is 10.5 Å². The van der Waals surface area contributed by atoms with Gasteiger partial charge in [0.25, 0.3) is 0 Å². The maximum absolute atomic E-state index is 9.70. The van der Waals surface area contributed by atoms with Crippen LogP contribution in [0.15, 0.2) is 34.8 Å². The monoisotopic (exact) mass is 462 g/mol. The highest BCUT2D eigenvalue weighted by atomic mass is 79.9. The van der Waals surface area contributed by atoms with Crippen molar-refractivity contribution in [3.63, 3.8) is 0 Å². The summed E-state index contributed by atoms with van der Waals surface area (Å²) in [4.78, 5) is 4.35. The number of pyridine rings is 1. The van der Waals surface area contributed by atoms with Gasteiger partial charge in [0.05, 0.1) is 23.9 Å². The molecule has 0 unspecified atom stereocenters. The average molecular weight is 463 g/mol. The maximum Gasteiger partial charge on any atom is 0.162 e. The number of hydrogen-bond acceptors (Lipinski definition) is 6. The van der Waals surface area contributed by atoms with Crippen LogP contribution < -0.4 is 15.2 Å². The molecule has 3 rings (SSSR count). The molecule has 1 aliphatic carbocycles. The van der Waals surface area contributed by atoms with E-state index in [0.717, 1.165) is 26.7 Å². The minimum Gasteiger partial charge on any atom is -0.493 e. The Bertz CT molecular complexity index is 1210. The zero-order valence-electron chi connectivity index (χ0n) is 16.8. The lowest BCUT2D eigenvalue weighted by Gasteiger charge is -2.14. The second-order valence-electron chi connectivity index (χ2n) is 6.63. The molecule has 1 aromatic heterocycles. The van der Waals surface area contributed by atoms with Crippen LogP contribution in [0.2, 0.25) is 0 Å². The Morgan fingerprint density at radius 2 is 1.97 bits per heavy atom. The number of fused-ring (bicyclic) bond motifs is 1. The van der Waals surface area contributed by atoms with Crippen LogP contribution in [0.1, 0.15) is 34.9 Å². The van der Waals surface area contributed by atoms with Crippen molar-refractivity contribution in [2.24, 2.45) is 0 Å². The number of aromatic nitrogens is 1. The first-order valence-electron chi connectivity index (χ1n) is 9.03. The highest BCUT2D eigenvalue weighted by molar-refractivity contribution is 9.10. The van der Waals surface area contributed by atoms with Gasteiger partial charge in [-0.15, -0.1) is 0 Å². The molecular weight excluding hydrogens is 444 g/mol. The molecule has 0 saturated carbocycles. The summed E-state index contributed by atoms with van der Waals surface area (Å²) < 4.78 is 11.9. The van der Waals surface area contributed by atoms with E-state index in [1.54, 1.807) is 13.2 Å². The molecular formula is C23H19BrN4O2. The number of halogens is 1. The summed E-state index contributed by atoms with van der Waals surface area (Å²) in [6, 6.07) is 8.00. The van der Waals surface area contributed by atoms with Crippen molar-refractivity contribution in [2.45, 2.75) is 13.8 Å². The number of nitriles is 2. The van der Waals surface area contributed by atoms with Crippen molar-refractivity contribution in [2.75, 3.05) is 19.5 Å². The van der Waals surface area contributed by atoms with Crippen molar-refractivity contribution in [1.82, 2.24) is 4.98 Å². The summed E-state index contributed by atoms with van der Waals surface area (Å²) >= 11 is 3.59. The van der Waals surface area contributed by atoms with Crippen LogP contribution in [-0.2, 0) is 0 Å². The summed E-state index contributed by atoms with van der Waals surface area (Å²) in [5.41, 5.74) is 11.1. The molecule has 0 atom stereocenters. The number of benzene rings is 1. The van der Waals surface area contributed by atoms with Crippen molar-refractivity contribution in [3.8, 4) is 23.6 Å². The summed E-state index contributed by atoms with van der Waals surface area (Å²) in [6.07, 6.45) is 3.60. The maximum atomic E-state index is 9.70. The highest BCUT2D eigenvalue weighted by Crippen LogP contribution is 2.45. The molecule has 7 heteroatoms. The quantitative estimate of drug-likeness (QED) is 0.624. The minimum atomic E-state index is 0.127. The summed E-state index contributed by atoms with van der Waals surface area (Å²) in [6.45, 7) is 7.69. The van der Waals surface area contributed by atoms with Gasteiger partial charge >= 0.3 is 0 Å². The average Bonchev–Trinajstić information content (AvgIpc) is 2.98. The molecule has 0 radical (unpaired) electrons. The van der Waals surface area contributed by atoms with Crippen LogP contribution in [0.4, 0.5) is 5.82 Å². The largest absolute Gasteiger partial charge is 0.493 e. The Morgan fingerprint density at radius 1 is 1.23 bits per heavy atom. The Morgan fingerprint density at radius 3 is 2.57 bits per heavy atom. The van der Waals surface area contributed by atoms with Crippen LogP contribution >= 0.6 is 15.9 Å². The number of rotatable bonds is 5. The molecule has 150 valence electrons. The molecule has 1 aromatic carbocycles. The van der Waals surface area contributed by atoms with Gasteiger partial charge in [0.2, 0.25) is 0 Å². The first-order valence-corrected chi connectivity index (χ1v) is 9.82. The zero-order valence-corrected chi connectivity index (χ0v) is 18.4. The number of nitrogens with zero attached hydrogens (tertiary/aromatic N) is 3. The van der Waals surface area contributed by atoms with E-state index >= 15 is 0 Å². The second-order valence-corrected chi connectivity index (χ2v) is 7.48. The fourth-order valence-electron chi connectivity index (χ4n) is 3.43. The van der Waals surface area contributed by atoms with Gasteiger partial charge in [-0.25, -0.2) is 4.98 Å². The van der Waals surface area contributed by atoms with E-state index in [0.29, 0.717) is 40.5 Å². The van der Waals surface area contributed by atoms with E-state index in [1.807, 2.05) is 32.1 Å². The number of ether oxygens (including phenoxy) is 2. The van der Waals surface area contributed by atoms with Gasteiger partial charge in [0, 0.05) is 10.0 Å². The summed E-state index contributed by atoms with van der Waals surface area (Å²) in [5, 5.41) is 19.2. The molecule has 0 bridgehead atoms. The van der Waals surface area contributed by atoms with Gasteiger partial charge in [-0.3, -0.25) is 0 Å². The van der Waals surface area contributed by atoms with Crippen molar-refractivity contribution in [3.05, 3.63) is 62.8 Å². The Labute approximate surface area is 183 Å². The van der Waals surface area contributed by atoms with Gasteiger partial charge in [-0.1, -0.05) is 28.6 Å². The van der Waals surface area contributed by atoms with Crippen LogP contribution in [0.3, 0.4) is 0 Å². The van der Waals surface area contributed by atoms with E-state index in [1.165, 1.54) is 0 Å². The summed E-state index contributed by atoms with van der Waals surface area (Å²) in [5.74, 6) is 1.28. The zero-order chi connectivity index (χ0) is 22.0. The molecule has 0 aliphatic heterocycles. The fourth-order valence-corrected chi connectivity index (χ4v) is 3.87. The molecule has 0 spiro atoms. The molecule has 6 nitrogen and oxygen atoms in total. The number of anilines is 1. The first-order chi connectivity index (χ1) is 14.4. The third-order valence-electron chi connectivity index (χ3n) is 4.92. The van der Waals surface area contributed by atoms with E-state index in [2.05, 4.69) is 39.6 Å². The Balaban J connectivity index is 2.25. The lowest BCUT2D eigenvalue weighted by Crippen LogP contribution is -2.03. The van der Waals surface area contributed by atoms with Crippen LogP contribution in [-0.4, -0.2) is 18.7 Å². The van der Waals surface area contributed by atoms with Gasteiger partial charge in [0.15, 0.2) is 11.5 Å². The van der Waals surface area contributed by atoms with Crippen molar-refractivity contribution in [1.29, 1.82) is 10.5 Å². The van der Waals surface area contributed by atoms with Gasteiger partial charge in [0.1, 0.15) is 24.6 Å². The molecule has 1 aliphatic rings. The van der Waals surface area contributed by atoms with Crippen molar-refractivity contribution >= 4 is 39.0 Å². The third-order valence-corrected chi connectivity index (χ3v) is 5.61. The number of hydrogen-bond donors (Lipinski definition) is 1. The Kier molecular flexibility index (Phi) is 5.96. The molecule has 0 saturated heterocycles. The standard InChI is InChI=1S/C23H19BrN4O2/c1-5-6-30-20-9-18(24)14(8-19(20)29-4)7-15-12(2)16(10-25)22-21(15)13(3)17(11-26)23(27)28-22/h5,7-9H,1,6H2,2-4H3,(H2,27,28)/b15-7-. The van der Waals surface area contributed by atoms with Gasteiger partial charge < -0.3 is 15.2 Å². The molecule has 0 amide bonds. The number of nitrogen functional groups attached to an aromatic ring is 1. The molecule has 2 N–H and O–H groups in total. The molecule has 1 heterocycles. The lowest BCUT2D eigenvalue weighted by atomic mass is 9.95. The second kappa shape index (κ2) is 8.44. The predicted molar refractivity (Wildman–Crippen MR) is 121 cm³/mol. The smallest absolute Gasteiger partial charge is 0.162 e. The molecule has 0 fully saturated rings. The SMILES string of the molecule is C=CCOc1cc(Br)c(/C=C2/C(C)=C(C#N)c3nc(N)c(C#N)c(C)c32)cc1OC. The van der Waals surface area contributed by atoms with Gasteiger partial charge in [-0.2, -0.15) is 10.5 Å². The van der Waals surface area contributed by atoms with E-state index in [-0.39, 0.29) is 5.82 Å². The Hall–Kier alpha value is -3.55. The lowest BCUT2D eigenvalue weighted by molar-refractivity contribution is 0.326. The summed E-state index contributed by atoms with van der Waals surface area (Å²) in [7, 11) is 1.57. The normalized spacial score (nSPS) is 13.6. The number of allylic oxidation sites excluding steroid dienone is 3. The fraction of sp³-hybridized carbons (Fsp3) is 0.174. The third kappa shape index (κ3) is 3.45. The van der Waals surface area contributed by atoms with Crippen LogP contribution in [0.5, 0.6) is 11.5 Å².